The van der Waals surface area contributed by atoms with E-state index in [9.17, 15) is 0 Å². The molecule has 1 aliphatic heterocycles. The van der Waals surface area contributed by atoms with E-state index in [1.54, 1.807) is 7.11 Å². The summed E-state index contributed by atoms with van der Waals surface area (Å²) in [6, 6.07) is 2.22. The summed E-state index contributed by atoms with van der Waals surface area (Å²) < 4.78 is 15.6. The molecule has 1 N–H and O–H groups in total. The second kappa shape index (κ2) is 6.29. The number of hydrogen-bond acceptors (Lipinski definition) is 6. The second-order valence-corrected chi connectivity index (χ2v) is 4.63. The standard InChI is InChI=1S/C12H20N2O4/c1-9-7-17-12(6-15)5-14(9)4-10-3-11(8-16-2)18-13-10/h3,9,12,15H,4-8H2,1-2H3. The van der Waals surface area contributed by atoms with Gasteiger partial charge >= 0.3 is 0 Å². The van der Waals surface area contributed by atoms with Crippen molar-refractivity contribution in [1.29, 1.82) is 0 Å². The Bertz CT molecular complexity index is 369. The van der Waals surface area contributed by atoms with E-state index in [0.29, 0.717) is 32.3 Å². The van der Waals surface area contributed by atoms with E-state index in [-0.39, 0.29) is 12.7 Å². The van der Waals surface area contributed by atoms with Crippen molar-refractivity contribution in [3.8, 4) is 0 Å². The molecule has 1 aromatic heterocycles. The van der Waals surface area contributed by atoms with Crippen molar-refractivity contribution in [3.05, 3.63) is 17.5 Å². The number of rotatable bonds is 5. The fraction of sp³-hybridized carbons (Fsp3) is 0.750. The first kappa shape index (κ1) is 13.5. The zero-order valence-corrected chi connectivity index (χ0v) is 10.8. The average molecular weight is 256 g/mol. The molecular formula is C12H20N2O4. The van der Waals surface area contributed by atoms with Gasteiger partial charge < -0.3 is 19.1 Å². The molecule has 2 heterocycles. The summed E-state index contributed by atoms with van der Waals surface area (Å²) in [5.74, 6) is 0.729. The van der Waals surface area contributed by atoms with Gasteiger partial charge in [0.2, 0.25) is 0 Å². The molecule has 0 radical (unpaired) electrons. The van der Waals surface area contributed by atoms with E-state index in [1.165, 1.54) is 0 Å². The van der Waals surface area contributed by atoms with Gasteiger partial charge in [0.05, 0.1) is 25.0 Å². The van der Waals surface area contributed by atoms with Gasteiger partial charge in [0.25, 0.3) is 0 Å². The van der Waals surface area contributed by atoms with Gasteiger partial charge in [-0.05, 0) is 6.92 Å². The smallest absolute Gasteiger partial charge is 0.162 e. The highest BCUT2D eigenvalue weighted by molar-refractivity contribution is 5.05. The molecule has 2 rings (SSSR count). The largest absolute Gasteiger partial charge is 0.394 e. The molecule has 0 aromatic carbocycles. The van der Waals surface area contributed by atoms with Gasteiger partial charge in [0, 0.05) is 32.3 Å². The second-order valence-electron chi connectivity index (χ2n) is 4.63. The van der Waals surface area contributed by atoms with E-state index in [4.69, 9.17) is 19.1 Å². The number of aromatic nitrogens is 1. The fourth-order valence-corrected chi connectivity index (χ4v) is 2.05. The molecule has 0 bridgehead atoms. The zero-order chi connectivity index (χ0) is 13.0. The summed E-state index contributed by atoms with van der Waals surface area (Å²) in [5.41, 5.74) is 0.882. The molecule has 1 fully saturated rings. The lowest BCUT2D eigenvalue weighted by atomic mass is 10.2. The lowest BCUT2D eigenvalue weighted by molar-refractivity contribution is -0.0810. The van der Waals surface area contributed by atoms with Crippen LogP contribution in [-0.4, -0.2) is 54.2 Å². The quantitative estimate of drug-likeness (QED) is 0.822. The van der Waals surface area contributed by atoms with Crippen molar-refractivity contribution in [3.63, 3.8) is 0 Å². The minimum absolute atomic E-state index is 0.0525. The van der Waals surface area contributed by atoms with Crippen molar-refractivity contribution in [2.24, 2.45) is 0 Å². The van der Waals surface area contributed by atoms with Gasteiger partial charge in [-0.3, -0.25) is 4.90 Å². The van der Waals surface area contributed by atoms with Crippen LogP contribution in [0.5, 0.6) is 0 Å². The maximum Gasteiger partial charge on any atom is 0.162 e. The highest BCUT2D eigenvalue weighted by Crippen LogP contribution is 2.15. The third kappa shape index (κ3) is 3.29. The molecule has 0 saturated carbocycles. The molecule has 0 aliphatic carbocycles. The fourth-order valence-electron chi connectivity index (χ4n) is 2.05. The number of methoxy groups -OCH3 is 1. The van der Waals surface area contributed by atoms with E-state index in [1.807, 2.05) is 6.07 Å². The normalized spacial score (nSPS) is 25.5. The molecule has 1 aromatic rings. The van der Waals surface area contributed by atoms with Crippen LogP contribution in [0.2, 0.25) is 0 Å². The van der Waals surface area contributed by atoms with E-state index in [2.05, 4.69) is 17.0 Å². The molecule has 1 saturated heterocycles. The SMILES string of the molecule is COCc1cc(CN2CC(CO)OCC2C)no1. The summed E-state index contributed by atoms with van der Waals surface area (Å²) in [7, 11) is 1.62. The minimum Gasteiger partial charge on any atom is -0.394 e. The number of morpholine rings is 1. The first-order valence-corrected chi connectivity index (χ1v) is 6.13. The maximum absolute atomic E-state index is 9.13. The van der Waals surface area contributed by atoms with Crippen LogP contribution in [0, 0.1) is 0 Å². The van der Waals surface area contributed by atoms with E-state index < -0.39 is 0 Å². The molecule has 1 aliphatic rings. The monoisotopic (exact) mass is 256 g/mol. The number of aliphatic hydroxyl groups is 1. The third-order valence-electron chi connectivity index (χ3n) is 3.10. The van der Waals surface area contributed by atoms with Crippen LogP contribution in [0.15, 0.2) is 10.6 Å². The minimum atomic E-state index is -0.105. The first-order chi connectivity index (χ1) is 8.72. The highest BCUT2D eigenvalue weighted by Gasteiger charge is 2.26. The average Bonchev–Trinajstić information content (AvgIpc) is 2.80. The van der Waals surface area contributed by atoms with Crippen LogP contribution < -0.4 is 0 Å². The van der Waals surface area contributed by atoms with Crippen molar-refractivity contribution in [2.75, 3.05) is 26.9 Å². The van der Waals surface area contributed by atoms with Crippen molar-refractivity contribution in [1.82, 2.24) is 10.1 Å². The van der Waals surface area contributed by atoms with Crippen LogP contribution in [0.3, 0.4) is 0 Å². The van der Waals surface area contributed by atoms with E-state index >= 15 is 0 Å². The van der Waals surface area contributed by atoms with E-state index in [0.717, 1.165) is 11.5 Å². The lowest BCUT2D eigenvalue weighted by Crippen LogP contribution is -2.48. The maximum atomic E-state index is 9.13. The van der Waals surface area contributed by atoms with Crippen molar-refractivity contribution in [2.45, 2.75) is 32.2 Å². The summed E-state index contributed by atoms with van der Waals surface area (Å²) in [4.78, 5) is 2.23. The third-order valence-corrected chi connectivity index (χ3v) is 3.10. The Balaban J connectivity index is 1.93. The van der Waals surface area contributed by atoms with Gasteiger partial charge in [0.15, 0.2) is 5.76 Å². The first-order valence-electron chi connectivity index (χ1n) is 6.13. The Hall–Kier alpha value is -0.950. The van der Waals surface area contributed by atoms with Gasteiger partial charge in [-0.15, -0.1) is 0 Å². The predicted octanol–water partition coefficient (Wildman–Crippen LogP) is 0.403. The van der Waals surface area contributed by atoms with Crippen LogP contribution in [-0.2, 0) is 22.6 Å². The Kier molecular flexibility index (Phi) is 4.71. The van der Waals surface area contributed by atoms with Gasteiger partial charge in [0.1, 0.15) is 6.61 Å². The lowest BCUT2D eigenvalue weighted by Gasteiger charge is -2.36. The van der Waals surface area contributed by atoms with Crippen LogP contribution in [0.25, 0.3) is 0 Å². The Morgan fingerprint density at radius 1 is 1.61 bits per heavy atom. The molecule has 2 atom stereocenters. The molecule has 0 amide bonds. The van der Waals surface area contributed by atoms with Gasteiger partial charge in [-0.1, -0.05) is 5.16 Å². The summed E-state index contributed by atoms with van der Waals surface area (Å²) >= 11 is 0. The predicted molar refractivity (Wildman–Crippen MR) is 63.9 cm³/mol. The molecule has 2 unspecified atom stereocenters. The molecule has 18 heavy (non-hydrogen) atoms. The topological polar surface area (TPSA) is 68.0 Å². The number of ether oxygens (including phenoxy) is 2. The van der Waals surface area contributed by atoms with Crippen LogP contribution in [0.4, 0.5) is 0 Å². The molecule has 0 spiro atoms. The van der Waals surface area contributed by atoms with Crippen molar-refractivity contribution < 1.29 is 19.1 Å². The zero-order valence-electron chi connectivity index (χ0n) is 10.8. The van der Waals surface area contributed by atoms with Crippen molar-refractivity contribution >= 4 is 0 Å². The molecule has 6 heteroatoms. The Labute approximate surface area is 106 Å². The summed E-state index contributed by atoms with van der Waals surface area (Å²) in [5, 5.41) is 13.1. The Morgan fingerprint density at radius 3 is 3.17 bits per heavy atom. The van der Waals surface area contributed by atoms with Crippen LogP contribution >= 0.6 is 0 Å². The summed E-state index contributed by atoms with van der Waals surface area (Å²) in [6.07, 6.45) is -0.105. The number of nitrogens with zero attached hydrogens (tertiary/aromatic N) is 2. The molecule has 6 nitrogen and oxygen atoms in total. The van der Waals surface area contributed by atoms with Gasteiger partial charge in [-0.2, -0.15) is 0 Å². The molecular weight excluding hydrogens is 236 g/mol. The molecule has 102 valence electrons. The van der Waals surface area contributed by atoms with Gasteiger partial charge in [-0.25, -0.2) is 0 Å². The number of hydrogen-bond donors (Lipinski definition) is 1. The highest BCUT2D eigenvalue weighted by atomic mass is 16.5. The van der Waals surface area contributed by atoms with Crippen LogP contribution in [0.1, 0.15) is 18.4 Å². The summed E-state index contributed by atoms with van der Waals surface area (Å²) in [6.45, 7) is 4.64. The number of aliphatic hydroxyl groups excluding tert-OH is 1. The Morgan fingerprint density at radius 2 is 2.44 bits per heavy atom.